The molecule has 0 aliphatic rings. The van der Waals surface area contributed by atoms with Crippen LogP contribution in [0.5, 0.6) is 5.75 Å². The van der Waals surface area contributed by atoms with E-state index < -0.39 is 28.5 Å². The summed E-state index contributed by atoms with van der Waals surface area (Å²) < 4.78 is 32.6. The Morgan fingerprint density at radius 3 is 2.16 bits per heavy atom. The molecule has 3 aromatic carbocycles. The molecule has 0 fully saturated rings. The first kappa shape index (κ1) is 33.6. The van der Waals surface area contributed by atoms with Gasteiger partial charge < -0.3 is 15.0 Å². The van der Waals surface area contributed by atoms with E-state index in [9.17, 15) is 18.0 Å². The molecule has 1 atom stereocenters. The van der Waals surface area contributed by atoms with Gasteiger partial charge in [0, 0.05) is 19.5 Å². The van der Waals surface area contributed by atoms with Crippen molar-refractivity contribution < 1.29 is 22.7 Å². The van der Waals surface area contributed by atoms with E-state index in [0.29, 0.717) is 18.0 Å². The molecule has 0 saturated carbocycles. The van der Waals surface area contributed by atoms with E-state index in [1.165, 1.54) is 4.90 Å². The van der Waals surface area contributed by atoms with Gasteiger partial charge in [0.1, 0.15) is 18.3 Å². The average Bonchev–Trinajstić information content (AvgIpc) is 2.97. The number of ether oxygens (including phenoxy) is 1. The van der Waals surface area contributed by atoms with Gasteiger partial charge in [0.25, 0.3) is 0 Å². The maximum absolute atomic E-state index is 14.2. The highest BCUT2D eigenvalue weighted by atomic mass is 32.2. The molecule has 0 heterocycles. The van der Waals surface area contributed by atoms with Crippen molar-refractivity contribution in [3.8, 4) is 5.75 Å². The fraction of sp³-hybridized carbons (Fsp3) is 0.412. The quantitative estimate of drug-likeness (QED) is 0.251. The average molecular weight is 608 g/mol. The van der Waals surface area contributed by atoms with Gasteiger partial charge in [0.15, 0.2) is 0 Å². The Bertz CT molecular complexity index is 1450. The van der Waals surface area contributed by atoms with Crippen molar-refractivity contribution in [2.75, 3.05) is 30.8 Å². The SMILES string of the molecule is CCCCNC(=O)C(Cc1ccccc1)N(Cc1cccc(OC)c1)C(=O)CN(c1ccc(C(C)(C)C)cc1)S(C)(=O)=O. The van der Waals surface area contributed by atoms with Crippen LogP contribution in [0.25, 0.3) is 0 Å². The lowest BCUT2D eigenvalue weighted by atomic mass is 9.87. The molecule has 3 rings (SSSR count). The van der Waals surface area contributed by atoms with E-state index in [1.807, 2.05) is 67.6 Å². The van der Waals surface area contributed by atoms with Crippen LogP contribution < -0.4 is 14.4 Å². The Labute approximate surface area is 257 Å². The molecule has 0 saturated heterocycles. The van der Waals surface area contributed by atoms with Crippen molar-refractivity contribution in [2.24, 2.45) is 0 Å². The van der Waals surface area contributed by atoms with E-state index in [1.54, 1.807) is 25.3 Å². The first-order valence-corrected chi connectivity index (χ1v) is 16.5. The molecule has 1 N–H and O–H groups in total. The van der Waals surface area contributed by atoms with Crippen LogP contribution in [0.15, 0.2) is 78.9 Å². The zero-order valence-corrected chi connectivity index (χ0v) is 27.0. The second kappa shape index (κ2) is 15.0. The zero-order chi connectivity index (χ0) is 31.6. The number of nitrogens with zero attached hydrogens (tertiary/aromatic N) is 2. The molecule has 43 heavy (non-hydrogen) atoms. The van der Waals surface area contributed by atoms with Crippen LogP contribution in [-0.4, -0.2) is 57.6 Å². The van der Waals surface area contributed by atoms with Gasteiger partial charge in [-0.25, -0.2) is 8.42 Å². The molecule has 1 unspecified atom stereocenters. The minimum atomic E-state index is -3.84. The number of nitrogens with one attached hydrogen (secondary N) is 1. The van der Waals surface area contributed by atoms with Crippen molar-refractivity contribution in [1.29, 1.82) is 0 Å². The van der Waals surface area contributed by atoms with E-state index in [0.717, 1.165) is 40.1 Å². The second-order valence-corrected chi connectivity index (χ2v) is 13.7. The summed E-state index contributed by atoms with van der Waals surface area (Å²) in [5, 5.41) is 2.99. The van der Waals surface area contributed by atoms with Crippen molar-refractivity contribution in [2.45, 2.75) is 65.0 Å². The second-order valence-electron chi connectivity index (χ2n) is 11.8. The molecule has 0 radical (unpaired) electrons. The predicted octanol–water partition coefficient (Wildman–Crippen LogP) is 5.32. The number of sulfonamides is 1. The first-order chi connectivity index (χ1) is 20.3. The Balaban J connectivity index is 2.05. The van der Waals surface area contributed by atoms with Gasteiger partial charge in [-0.3, -0.25) is 13.9 Å². The molecule has 0 bridgehead atoms. The maximum Gasteiger partial charge on any atom is 0.244 e. The van der Waals surface area contributed by atoms with Crippen molar-refractivity contribution in [3.63, 3.8) is 0 Å². The van der Waals surface area contributed by atoms with E-state index >= 15 is 0 Å². The summed E-state index contributed by atoms with van der Waals surface area (Å²) in [5.41, 5.74) is 2.96. The van der Waals surface area contributed by atoms with E-state index in [-0.39, 0.29) is 24.3 Å². The summed E-state index contributed by atoms with van der Waals surface area (Å²) in [6.07, 6.45) is 3.07. The van der Waals surface area contributed by atoms with Crippen LogP contribution in [-0.2, 0) is 38.0 Å². The number of carbonyl (C=O) groups is 2. The highest BCUT2D eigenvalue weighted by molar-refractivity contribution is 7.92. The number of hydrogen-bond acceptors (Lipinski definition) is 5. The zero-order valence-electron chi connectivity index (χ0n) is 26.2. The number of rotatable bonds is 14. The lowest BCUT2D eigenvalue weighted by Gasteiger charge is -2.33. The normalized spacial score (nSPS) is 12.3. The maximum atomic E-state index is 14.2. The summed E-state index contributed by atoms with van der Waals surface area (Å²) in [6.45, 7) is 8.40. The van der Waals surface area contributed by atoms with Crippen molar-refractivity contribution in [1.82, 2.24) is 10.2 Å². The smallest absolute Gasteiger partial charge is 0.244 e. The molecule has 0 aliphatic carbocycles. The molecule has 0 aliphatic heterocycles. The lowest BCUT2D eigenvalue weighted by Crippen LogP contribution is -2.53. The third-order valence-corrected chi connectivity index (χ3v) is 8.43. The highest BCUT2D eigenvalue weighted by Crippen LogP contribution is 2.27. The number of unbranched alkanes of at least 4 members (excludes halogenated alkanes) is 1. The third kappa shape index (κ3) is 9.85. The number of benzene rings is 3. The highest BCUT2D eigenvalue weighted by Gasteiger charge is 2.33. The van der Waals surface area contributed by atoms with Gasteiger partial charge in [0.05, 0.1) is 19.1 Å². The van der Waals surface area contributed by atoms with Crippen molar-refractivity contribution >= 4 is 27.5 Å². The number of amides is 2. The summed E-state index contributed by atoms with van der Waals surface area (Å²) in [7, 11) is -2.27. The monoisotopic (exact) mass is 607 g/mol. The number of hydrogen-bond donors (Lipinski definition) is 1. The fourth-order valence-electron chi connectivity index (χ4n) is 4.77. The molecule has 8 nitrogen and oxygen atoms in total. The number of methoxy groups -OCH3 is 1. The standard InChI is InChI=1S/C34H45N3O5S/c1-7-8-21-35-33(39)31(23-26-13-10-9-11-14-26)36(24-27-15-12-16-30(22-27)42-5)32(38)25-37(43(6,40)41)29-19-17-28(18-20-29)34(2,3)4/h9-20,22,31H,7-8,21,23-25H2,1-6H3,(H,35,39). The molecule has 0 aromatic heterocycles. The lowest BCUT2D eigenvalue weighted by molar-refractivity contribution is -0.140. The Morgan fingerprint density at radius 2 is 1.58 bits per heavy atom. The van der Waals surface area contributed by atoms with Crippen LogP contribution in [0.2, 0.25) is 0 Å². The van der Waals surface area contributed by atoms with Crippen LogP contribution >= 0.6 is 0 Å². The van der Waals surface area contributed by atoms with Gasteiger partial charge in [-0.05, 0) is 52.8 Å². The van der Waals surface area contributed by atoms with Crippen LogP contribution in [0.3, 0.4) is 0 Å². The van der Waals surface area contributed by atoms with E-state index in [4.69, 9.17) is 4.74 Å². The summed E-state index contributed by atoms with van der Waals surface area (Å²) in [4.78, 5) is 29.4. The number of carbonyl (C=O) groups excluding carboxylic acids is 2. The van der Waals surface area contributed by atoms with Crippen molar-refractivity contribution in [3.05, 3.63) is 95.6 Å². The van der Waals surface area contributed by atoms with Crippen LogP contribution in [0.4, 0.5) is 5.69 Å². The predicted molar refractivity (Wildman–Crippen MR) is 173 cm³/mol. The van der Waals surface area contributed by atoms with Gasteiger partial charge in [-0.15, -0.1) is 0 Å². The fourth-order valence-corrected chi connectivity index (χ4v) is 5.62. The summed E-state index contributed by atoms with van der Waals surface area (Å²) in [5.74, 6) is -0.151. The molecule has 9 heteroatoms. The van der Waals surface area contributed by atoms with Gasteiger partial charge in [0.2, 0.25) is 21.8 Å². The third-order valence-electron chi connectivity index (χ3n) is 7.29. The molecule has 0 spiro atoms. The van der Waals surface area contributed by atoms with Gasteiger partial charge in [-0.1, -0.05) is 88.7 Å². The Hall–Kier alpha value is -3.85. The molecule has 3 aromatic rings. The Morgan fingerprint density at radius 1 is 0.930 bits per heavy atom. The summed E-state index contributed by atoms with van der Waals surface area (Å²) in [6, 6.07) is 23.1. The van der Waals surface area contributed by atoms with Gasteiger partial charge >= 0.3 is 0 Å². The molecular weight excluding hydrogens is 562 g/mol. The van der Waals surface area contributed by atoms with Gasteiger partial charge in [-0.2, -0.15) is 0 Å². The summed E-state index contributed by atoms with van der Waals surface area (Å²) >= 11 is 0. The minimum absolute atomic E-state index is 0.0926. The molecule has 2 amide bonds. The minimum Gasteiger partial charge on any atom is -0.497 e. The topological polar surface area (TPSA) is 96.0 Å². The Kier molecular flexibility index (Phi) is 11.8. The van der Waals surface area contributed by atoms with Crippen LogP contribution in [0, 0.1) is 0 Å². The molecular formula is C34H45N3O5S. The van der Waals surface area contributed by atoms with Crippen LogP contribution in [0.1, 0.15) is 57.2 Å². The number of anilines is 1. The largest absolute Gasteiger partial charge is 0.497 e. The van der Waals surface area contributed by atoms with E-state index in [2.05, 4.69) is 26.1 Å². The molecule has 232 valence electrons. The first-order valence-electron chi connectivity index (χ1n) is 14.7.